The molecular formula is C6H13N3. The second-order valence-corrected chi connectivity index (χ2v) is 2.54. The highest BCUT2D eigenvalue weighted by atomic mass is 15.6. The Morgan fingerprint density at radius 3 is 2.78 bits per heavy atom. The summed E-state index contributed by atoms with van der Waals surface area (Å²) in [7, 11) is 0. The van der Waals surface area contributed by atoms with Crippen molar-refractivity contribution in [3.8, 4) is 0 Å². The molecular weight excluding hydrogens is 114 g/mol. The van der Waals surface area contributed by atoms with Gasteiger partial charge in [0.15, 0.2) is 0 Å². The van der Waals surface area contributed by atoms with E-state index in [1.807, 2.05) is 0 Å². The lowest BCUT2D eigenvalue weighted by Crippen LogP contribution is -2.36. The Kier molecular flexibility index (Phi) is 2.05. The van der Waals surface area contributed by atoms with Crippen LogP contribution in [0.4, 0.5) is 0 Å². The van der Waals surface area contributed by atoms with E-state index >= 15 is 0 Å². The molecule has 0 aromatic carbocycles. The molecule has 3 heteroatoms. The van der Waals surface area contributed by atoms with Crippen LogP contribution in [0.25, 0.3) is 0 Å². The van der Waals surface area contributed by atoms with E-state index in [0.717, 1.165) is 5.92 Å². The molecule has 0 spiro atoms. The first-order valence-corrected chi connectivity index (χ1v) is 3.31. The maximum absolute atomic E-state index is 3.47. The van der Waals surface area contributed by atoms with Gasteiger partial charge in [-0.25, -0.2) is 11.0 Å². The average Bonchev–Trinajstić information content (AvgIpc) is 2.63. The molecule has 1 aliphatic rings. The van der Waals surface area contributed by atoms with Gasteiger partial charge >= 0.3 is 0 Å². The van der Waals surface area contributed by atoms with Gasteiger partial charge in [0.2, 0.25) is 0 Å². The lowest BCUT2D eigenvalue weighted by molar-refractivity contribution is 0.429. The predicted molar refractivity (Wildman–Crippen MR) is 38.0 cm³/mol. The Morgan fingerprint density at radius 1 is 1.67 bits per heavy atom. The Balaban J connectivity index is 2.02. The molecule has 1 aliphatic carbocycles. The summed E-state index contributed by atoms with van der Waals surface area (Å²) in [6, 6.07) is 0.537. The summed E-state index contributed by atoms with van der Waals surface area (Å²) in [4.78, 5) is 0. The third-order valence-corrected chi connectivity index (χ3v) is 1.70. The molecule has 0 heterocycles. The minimum absolute atomic E-state index is 0.537. The van der Waals surface area contributed by atoms with E-state index in [9.17, 15) is 0 Å². The quantitative estimate of drug-likeness (QED) is 0.426. The third-order valence-electron chi connectivity index (χ3n) is 1.70. The van der Waals surface area contributed by atoms with Crippen molar-refractivity contribution in [3.05, 3.63) is 0 Å². The van der Waals surface area contributed by atoms with Crippen LogP contribution in [0, 0.1) is 5.92 Å². The monoisotopic (exact) mass is 127 g/mol. The number of hydrogen-bond donors (Lipinski definition) is 2. The summed E-state index contributed by atoms with van der Waals surface area (Å²) in [5.74, 6) is 0.860. The molecule has 0 aromatic rings. The van der Waals surface area contributed by atoms with E-state index in [1.54, 1.807) is 0 Å². The van der Waals surface area contributed by atoms with Crippen LogP contribution in [0.3, 0.4) is 0 Å². The van der Waals surface area contributed by atoms with Crippen LogP contribution < -0.4 is 11.0 Å². The molecule has 0 aromatic heterocycles. The number of hydrazine groups is 1. The highest BCUT2D eigenvalue weighted by Gasteiger charge is 2.27. The molecule has 1 saturated carbocycles. The molecule has 1 atom stereocenters. The van der Waals surface area contributed by atoms with Gasteiger partial charge in [0, 0.05) is 12.8 Å². The molecule has 0 radical (unpaired) electrons. The minimum atomic E-state index is 0.537. The van der Waals surface area contributed by atoms with Gasteiger partial charge < -0.3 is 0 Å². The van der Waals surface area contributed by atoms with Crippen LogP contribution in [0.15, 0.2) is 5.10 Å². The van der Waals surface area contributed by atoms with Gasteiger partial charge in [0.05, 0.1) is 0 Å². The van der Waals surface area contributed by atoms with Crippen LogP contribution in [0.1, 0.15) is 19.8 Å². The van der Waals surface area contributed by atoms with E-state index in [2.05, 4.69) is 29.7 Å². The third kappa shape index (κ3) is 2.01. The highest BCUT2D eigenvalue weighted by Crippen LogP contribution is 2.31. The van der Waals surface area contributed by atoms with Gasteiger partial charge in [-0.2, -0.15) is 5.10 Å². The van der Waals surface area contributed by atoms with E-state index in [1.165, 1.54) is 12.8 Å². The number of hydrazone groups is 1. The van der Waals surface area contributed by atoms with Crippen molar-refractivity contribution in [2.24, 2.45) is 11.0 Å². The van der Waals surface area contributed by atoms with Crippen LogP contribution in [0.2, 0.25) is 0 Å². The van der Waals surface area contributed by atoms with Crippen molar-refractivity contribution >= 4 is 6.72 Å². The number of rotatable bonds is 4. The first-order chi connectivity index (χ1) is 4.34. The van der Waals surface area contributed by atoms with Gasteiger partial charge in [-0.3, -0.25) is 0 Å². The first-order valence-electron chi connectivity index (χ1n) is 3.31. The molecule has 1 rings (SSSR count). The Hall–Kier alpha value is -0.570. The molecule has 52 valence electrons. The van der Waals surface area contributed by atoms with Crippen LogP contribution >= 0.6 is 0 Å². The number of nitrogens with one attached hydrogen (secondary N) is 2. The van der Waals surface area contributed by atoms with E-state index in [0.29, 0.717) is 6.04 Å². The van der Waals surface area contributed by atoms with Crippen molar-refractivity contribution in [1.29, 1.82) is 0 Å². The largest absolute Gasteiger partial charge is 0.243 e. The number of nitrogens with zero attached hydrogens (tertiary/aromatic N) is 1. The van der Waals surface area contributed by atoms with Crippen molar-refractivity contribution in [1.82, 2.24) is 11.0 Å². The van der Waals surface area contributed by atoms with E-state index in [4.69, 9.17) is 0 Å². The zero-order valence-electron chi connectivity index (χ0n) is 5.72. The fourth-order valence-corrected chi connectivity index (χ4v) is 0.862. The van der Waals surface area contributed by atoms with Crippen LogP contribution in [0.5, 0.6) is 0 Å². The Bertz CT molecular complexity index is 98.5. The van der Waals surface area contributed by atoms with Crippen molar-refractivity contribution < 1.29 is 0 Å². The standard InChI is InChI=1S/C6H13N3/c1-5(6-3-4-6)8-9-7-2/h5-6,8-9H,2-4H2,1H3. The first kappa shape index (κ1) is 6.55. The van der Waals surface area contributed by atoms with Crippen LogP contribution in [-0.2, 0) is 0 Å². The molecule has 3 nitrogen and oxygen atoms in total. The van der Waals surface area contributed by atoms with Crippen molar-refractivity contribution in [2.45, 2.75) is 25.8 Å². The number of hydrogen-bond acceptors (Lipinski definition) is 3. The van der Waals surface area contributed by atoms with Crippen molar-refractivity contribution in [3.63, 3.8) is 0 Å². The maximum atomic E-state index is 3.47. The summed E-state index contributed by atoms with van der Waals surface area (Å²) >= 11 is 0. The second-order valence-electron chi connectivity index (χ2n) is 2.54. The highest BCUT2D eigenvalue weighted by molar-refractivity contribution is 5.22. The molecule has 1 unspecified atom stereocenters. The van der Waals surface area contributed by atoms with Crippen molar-refractivity contribution in [2.75, 3.05) is 0 Å². The molecule has 0 saturated heterocycles. The van der Waals surface area contributed by atoms with Crippen LogP contribution in [-0.4, -0.2) is 12.8 Å². The topological polar surface area (TPSA) is 36.4 Å². The van der Waals surface area contributed by atoms with Gasteiger partial charge in [-0.1, -0.05) is 0 Å². The van der Waals surface area contributed by atoms with E-state index in [-0.39, 0.29) is 0 Å². The lowest BCUT2D eigenvalue weighted by Gasteiger charge is -2.09. The smallest absolute Gasteiger partial charge is 0.0276 e. The average molecular weight is 127 g/mol. The molecule has 2 N–H and O–H groups in total. The summed E-state index contributed by atoms with van der Waals surface area (Å²) < 4.78 is 0. The molecule has 0 bridgehead atoms. The molecule has 1 fully saturated rings. The molecule has 9 heavy (non-hydrogen) atoms. The second kappa shape index (κ2) is 2.82. The fraction of sp³-hybridized carbons (Fsp3) is 0.833. The van der Waals surface area contributed by atoms with Gasteiger partial charge in [0.1, 0.15) is 0 Å². The maximum Gasteiger partial charge on any atom is 0.0276 e. The minimum Gasteiger partial charge on any atom is -0.243 e. The summed E-state index contributed by atoms with van der Waals surface area (Å²) in [6.45, 7) is 5.44. The molecule has 0 aliphatic heterocycles. The molecule has 0 amide bonds. The summed E-state index contributed by atoms with van der Waals surface area (Å²) in [6.07, 6.45) is 2.71. The van der Waals surface area contributed by atoms with E-state index < -0.39 is 0 Å². The normalized spacial score (nSPS) is 21.0. The Morgan fingerprint density at radius 2 is 2.33 bits per heavy atom. The lowest BCUT2D eigenvalue weighted by atomic mass is 10.2. The fourth-order valence-electron chi connectivity index (χ4n) is 0.862. The predicted octanol–water partition coefficient (Wildman–Crippen LogP) is 0.495. The van der Waals surface area contributed by atoms with Gasteiger partial charge in [-0.05, 0) is 25.7 Å². The summed E-state index contributed by atoms with van der Waals surface area (Å²) in [5, 5.41) is 3.47. The SMILES string of the molecule is C=NNNC(C)C1CC1. The zero-order valence-corrected chi connectivity index (χ0v) is 5.72. The Labute approximate surface area is 55.5 Å². The van der Waals surface area contributed by atoms with Gasteiger partial charge in [-0.15, -0.1) is 0 Å². The zero-order chi connectivity index (χ0) is 6.69. The van der Waals surface area contributed by atoms with Gasteiger partial charge in [0.25, 0.3) is 0 Å². The summed E-state index contributed by atoms with van der Waals surface area (Å²) in [5.41, 5.74) is 5.65.